The summed E-state index contributed by atoms with van der Waals surface area (Å²) < 4.78 is 0. The Bertz CT molecular complexity index is 366. The third-order valence-electron chi connectivity index (χ3n) is 3.99. The van der Waals surface area contributed by atoms with Gasteiger partial charge in [0.1, 0.15) is 0 Å². The number of benzene rings is 1. The smallest absolute Gasteiger partial charge is 0.0558 e. The van der Waals surface area contributed by atoms with Gasteiger partial charge in [-0.3, -0.25) is 9.80 Å². The summed E-state index contributed by atoms with van der Waals surface area (Å²) in [6.07, 6.45) is 1.21. The molecule has 1 saturated heterocycles. The molecule has 1 unspecified atom stereocenters. The molecule has 1 fully saturated rings. The largest absolute Gasteiger partial charge is 0.395 e. The van der Waals surface area contributed by atoms with Crippen LogP contribution in [-0.2, 0) is 6.54 Å². The highest BCUT2D eigenvalue weighted by Gasteiger charge is 2.28. The van der Waals surface area contributed by atoms with E-state index in [0.717, 1.165) is 26.2 Å². The number of hydrogen-bond donors (Lipinski definition) is 1. The first kappa shape index (κ1) is 14.5. The fraction of sp³-hybridized carbons (Fsp3) is 0.625. The SMILES string of the molecule is CC(C)N(CCO)C1CCN(Cc2ccccc2)C1. The maximum absolute atomic E-state index is 9.19. The lowest BCUT2D eigenvalue weighted by molar-refractivity contribution is 0.118. The lowest BCUT2D eigenvalue weighted by atomic mass is 10.1. The number of hydrogen-bond acceptors (Lipinski definition) is 3. The third-order valence-corrected chi connectivity index (χ3v) is 3.99. The topological polar surface area (TPSA) is 26.7 Å². The van der Waals surface area contributed by atoms with Crippen molar-refractivity contribution in [3.8, 4) is 0 Å². The molecule has 1 atom stereocenters. The van der Waals surface area contributed by atoms with E-state index < -0.39 is 0 Å². The van der Waals surface area contributed by atoms with E-state index in [2.05, 4.69) is 54.0 Å². The van der Waals surface area contributed by atoms with E-state index in [4.69, 9.17) is 0 Å². The van der Waals surface area contributed by atoms with Crippen molar-refractivity contribution in [3.05, 3.63) is 35.9 Å². The van der Waals surface area contributed by atoms with Crippen LogP contribution in [0.25, 0.3) is 0 Å². The summed E-state index contributed by atoms with van der Waals surface area (Å²) in [5.41, 5.74) is 1.39. The Kier molecular flexibility index (Phi) is 5.37. The van der Waals surface area contributed by atoms with E-state index in [1.165, 1.54) is 12.0 Å². The number of rotatable bonds is 6. The van der Waals surface area contributed by atoms with Crippen LogP contribution in [0.15, 0.2) is 30.3 Å². The predicted molar refractivity (Wildman–Crippen MR) is 79.1 cm³/mol. The van der Waals surface area contributed by atoms with Crippen molar-refractivity contribution in [3.63, 3.8) is 0 Å². The van der Waals surface area contributed by atoms with Gasteiger partial charge in [0.2, 0.25) is 0 Å². The fourth-order valence-electron chi connectivity index (χ4n) is 3.05. The summed E-state index contributed by atoms with van der Waals surface area (Å²) in [7, 11) is 0. The zero-order valence-corrected chi connectivity index (χ0v) is 12.1. The minimum absolute atomic E-state index is 0.257. The van der Waals surface area contributed by atoms with Gasteiger partial charge in [-0.2, -0.15) is 0 Å². The maximum Gasteiger partial charge on any atom is 0.0558 e. The third kappa shape index (κ3) is 4.03. The molecule has 0 aromatic heterocycles. The van der Waals surface area contributed by atoms with Crippen LogP contribution in [0.4, 0.5) is 0 Å². The molecule has 106 valence electrons. The normalized spacial score (nSPS) is 20.6. The molecule has 2 rings (SSSR count). The van der Waals surface area contributed by atoms with Crippen molar-refractivity contribution in [2.45, 2.75) is 38.9 Å². The lowest BCUT2D eigenvalue weighted by Gasteiger charge is -2.32. The molecule has 19 heavy (non-hydrogen) atoms. The molecule has 1 N–H and O–H groups in total. The first-order chi connectivity index (χ1) is 9.20. The Balaban J connectivity index is 1.88. The molecule has 1 heterocycles. The van der Waals surface area contributed by atoms with Gasteiger partial charge in [0.05, 0.1) is 6.61 Å². The van der Waals surface area contributed by atoms with Crippen molar-refractivity contribution in [1.82, 2.24) is 9.80 Å². The second-order valence-corrected chi connectivity index (χ2v) is 5.72. The molecule has 0 saturated carbocycles. The summed E-state index contributed by atoms with van der Waals surface area (Å²) in [5.74, 6) is 0. The van der Waals surface area contributed by atoms with Crippen molar-refractivity contribution >= 4 is 0 Å². The molecule has 0 spiro atoms. The quantitative estimate of drug-likeness (QED) is 0.849. The minimum Gasteiger partial charge on any atom is -0.395 e. The van der Waals surface area contributed by atoms with E-state index in [-0.39, 0.29) is 6.61 Å². The van der Waals surface area contributed by atoms with Crippen LogP contribution >= 0.6 is 0 Å². The first-order valence-corrected chi connectivity index (χ1v) is 7.33. The minimum atomic E-state index is 0.257. The highest BCUT2D eigenvalue weighted by Crippen LogP contribution is 2.19. The van der Waals surface area contributed by atoms with Crippen LogP contribution in [0, 0.1) is 0 Å². The predicted octanol–water partition coefficient (Wildman–Crippen LogP) is 1.96. The lowest BCUT2D eigenvalue weighted by Crippen LogP contribution is -2.43. The standard InChI is InChI=1S/C16H26N2O/c1-14(2)18(10-11-19)16-8-9-17(13-16)12-15-6-4-3-5-7-15/h3-7,14,16,19H,8-13H2,1-2H3. The van der Waals surface area contributed by atoms with Gasteiger partial charge in [0, 0.05) is 38.3 Å². The second kappa shape index (κ2) is 7.04. The Morgan fingerprint density at radius 1 is 1.32 bits per heavy atom. The zero-order chi connectivity index (χ0) is 13.7. The van der Waals surface area contributed by atoms with Gasteiger partial charge < -0.3 is 5.11 Å². The van der Waals surface area contributed by atoms with E-state index in [1.54, 1.807) is 0 Å². The molecule has 1 aliphatic heterocycles. The van der Waals surface area contributed by atoms with E-state index in [0.29, 0.717) is 12.1 Å². The van der Waals surface area contributed by atoms with E-state index in [1.807, 2.05) is 0 Å². The van der Waals surface area contributed by atoms with Crippen LogP contribution in [0.3, 0.4) is 0 Å². The first-order valence-electron chi connectivity index (χ1n) is 7.33. The summed E-state index contributed by atoms with van der Waals surface area (Å²) in [4.78, 5) is 4.96. The van der Waals surface area contributed by atoms with Crippen molar-refractivity contribution in [2.75, 3.05) is 26.2 Å². The Morgan fingerprint density at radius 3 is 2.68 bits per heavy atom. The van der Waals surface area contributed by atoms with Crippen molar-refractivity contribution in [1.29, 1.82) is 0 Å². The van der Waals surface area contributed by atoms with Crippen LogP contribution in [0.5, 0.6) is 0 Å². The maximum atomic E-state index is 9.19. The van der Waals surface area contributed by atoms with Crippen molar-refractivity contribution < 1.29 is 5.11 Å². The zero-order valence-electron chi connectivity index (χ0n) is 12.1. The number of aliphatic hydroxyl groups excluding tert-OH is 1. The molecule has 0 bridgehead atoms. The van der Waals surface area contributed by atoms with Crippen molar-refractivity contribution in [2.24, 2.45) is 0 Å². The molecule has 3 heteroatoms. The number of aliphatic hydroxyl groups is 1. The molecular weight excluding hydrogens is 236 g/mol. The van der Waals surface area contributed by atoms with Gasteiger partial charge >= 0.3 is 0 Å². The fourth-order valence-corrected chi connectivity index (χ4v) is 3.05. The second-order valence-electron chi connectivity index (χ2n) is 5.72. The molecular formula is C16H26N2O. The van der Waals surface area contributed by atoms with Crippen LogP contribution in [0.1, 0.15) is 25.8 Å². The highest BCUT2D eigenvalue weighted by atomic mass is 16.3. The molecule has 1 aromatic rings. The average Bonchev–Trinajstić information content (AvgIpc) is 2.85. The number of nitrogens with zero attached hydrogens (tertiary/aromatic N) is 2. The molecule has 1 aliphatic rings. The van der Waals surface area contributed by atoms with Gasteiger partial charge in [-0.05, 0) is 25.8 Å². The Hall–Kier alpha value is -0.900. The molecule has 0 radical (unpaired) electrons. The molecule has 0 amide bonds. The van der Waals surface area contributed by atoms with Gasteiger partial charge in [-0.25, -0.2) is 0 Å². The molecule has 1 aromatic carbocycles. The Morgan fingerprint density at radius 2 is 2.05 bits per heavy atom. The highest BCUT2D eigenvalue weighted by molar-refractivity contribution is 5.14. The van der Waals surface area contributed by atoms with Crippen LogP contribution < -0.4 is 0 Å². The van der Waals surface area contributed by atoms with Gasteiger partial charge in [-0.1, -0.05) is 30.3 Å². The molecule has 3 nitrogen and oxygen atoms in total. The van der Waals surface area contributed by atoms with E-state index >= 15 is 0 Å². The Labute approximate surface area is 116 Å². The van der Waals surface area contributed by atoms with Crippen LogP contribution in [0.2, 0.25) is 0 Å². The van der Waals surface area contributed by atoms with E-state index in [9.17, 15) is 5.11 Å². The summed E-state index contributed by atoms with van der Waals surface area (Å²) in [5, 5.41) is 9.19. The summed E-state index contributed by atoms with van der Waals surface area (Å²) in [6.45, 7) is 8.81. The van der Waals surface area contributed by atoms with Gasteiger partial charge in [-0.15, -0.1) is 0 Å². The summed E-state index contributed by atoms with van der Waals surface area (Å²) >= 11 is 0. The van der Waals surface area contributed by atoms with Gasteiger partial charge in [0.15, 0.2) is 0 Å². The number of likely N-dealkylation sites (tertiary alicyclic amines) is 1. The average molecular weight is 262 g/mol. The monoisotopic (exact) mass is 262 g/mol. The molecule has 0 aliphatic carbocycles. The van der Waals surface area contributed by atoms with Crippen LogP contribution in [-0.4, -0.2) is 53.2 Å². The van der Waals surface area contributed by atoms with Gasteiger partial charge in [0.25, 0.3) is 0 Å². The summed E-state index contributed by atoms with van der Waals surface area (Å²) in [6, 6.07) is 11.8.